The molecule has 1 aromatic carbocycles. The molecular formula is C19H22N2O4. The van der Waals surface area contributed by atoms with Crippen LogP contribution in [-0.4, -0.2) is 41.5 Å². The number of furan rings is 1. The van der Waals surface area contributed by atoms with Gasteiger partial charge in [-0.2, -0.15) is 0 Å². The Morgan fingerprint density at radius 3 is 2.48 bits per heavy atom. The van der Waals surface area contributed by atoms with Gasteiger partial charge in [0.25, 0.3) is 0 Å². The van der Waals surface area contributed by atoms with E-state index in [1.807, 2.05) is 6.07 Å². The third kappa shape index (κ3) is 4.70. The summed E-state index contributed by atoms with van der Waals surface area (Å²) in [4.78, 5) is 25.0. The van der Waals surface area contributed by atoms with Gasteiger partial charge in [-0.1, -0.05) is 30.3 Å². The van der Waals surface area contributed by atoms with Crippen LogP contribution in [0.25, 0.3) is 0 Å². The molecule has 132 valence electrons. The number of aromatic carboxylic acids is 1. The molecule has 0 aliphatic carbocycles. The highest BCUT2D eigenvalue weighted by Crippen LogP contribution is 2.27. The number of carbonyl (C=O) groups excluding carboxylic acids is 1. The minimum atomic E-state index is -1.11. The second kappa shape index (κ2) is 7.98. The molecule has 1 saturated heterocycles. The Labute approximate surface area is 146 Å². The number of nitrogens with zero attached hydrogens (tertiary/aromatic N) is 1. The molecule has 0 unspecified atom stereocenters. The molecule has 0 atom stereocenters. The van der Waals surface area contributed by atoms with Crippen molar-refractivity contribution in [1.29, 1.82) is 0 Å². The first-order chi connectivity index (χ1) is 12.1. The van der Waals surface area contributed by atoms with Crippen molar-refractivity contribution in [2.45, 2.75) is 25.3 Å². The van der Waals surface area contributed by atoms with Crippen molar-refractivity contribution < 1.29 is 19.1 Å². The van der Waals surface area contributed by atoms with Crippen molar-refractivity contribution in [3.05, 3.63) is 59.5 Å². The van der Waals surface area contributed by atoms with Gasteiger partial charge >= 0.3 is 5.97 Å². The van der Waals surface area contributed by atoms with Crippen LogP contribution in [0.4, 0.5) is 0 Å². The molecule has 6 nitrogen and oxygen atoms in total. The SMILES string of the molecule is O=C(CN1CCC(c2ccccc2)CC1)NCc1ccc(C(=O)O)o1. The number of rotatable bonds is 6. The van der Waals surface area contributed by atoms with E-state index in [-0.39, 0.29) is 18.2 Å². The molecule has 1 amide bonds. The van der Waals surface area contributed by atoms with Gasteiger partial charge in [-0.05, 0) is 49.5 Å². The zero-order valence-corrected chi connectivity index (χ0v) is 14.0. The number of amides is 1. The largest absolute Gasteiger partial charge is 0.475 e. The minimum Gasteiger partial charge on any atom is -0.475 e. The molecule has 0 radical (unpaired) electrons. The quantitative estimate of drug-likeness (QED) is 0.843. The summed E-state index contributed by atoms with van der Waals surface area (Å²) in [7, 11) is 0. The maximum absolute atomic E-state index is 12.1. The summed E-state index contributed by atoms with van der Waals surface area (Å²) in [5.41, 5.74) is 1.37. The highest BCUT2D eigenvalue weighted by molar-refractivity contribution is 5.84. The van der Waals surface area contributed by atoms with Crippen molar-refractivity contribution in [2.75, 3.05) is 19.6 Å². The molecule has 1 aliphatic heterocycles. The summed E-state index contributed by atoms with van der Waals surface area (Å²) < 4.78 is 5.12. The van der Waals surface area contributed by atoms with Crippen LogP contribution in [-0.2, 0) is 11.3 Å². The van der Waals surface area contributed by atoms with Gasteiger partial charge < -0.3 is 14.8 Å². The van der Waals surface area contributed by atoms with Crippen molar-refractivity contribution in [2.24, 2.45) is 0 Å². The van der Waals surface area contributed by atoms with Gasteiger partial charge in [0.2, 0.25) is 11.7 Å². The Hall–Kier alpha value is -2.60. The van der Waals surface area contributed by atoms with Crippen LogP contribution in [0.5, 0.6) is 0 Å². The van der Waals surface area contributed by atoms with Crippen LogP contribution in [0.2, 0.25) is 0 Å². The monoisotopic (exact) mass is 342 g/mol. The van der Waals surface area contributed by atoms with E-state index >= 15 is 0 Å². The lowest BCUT2D eigenvalue weighted by molar-refractivity contribution is -0.122. The summed E-state index contributed by atoms with van der Waals surface area (Å²) in [6, 6.07) is 13.5. The van der Waals surface area contributed by atoms with Gasteiger partial charge in [-0.15, -0.1) is 0 Å². The Morgan fingerprint density at radius 1 is 1.12 bits per heavy atom. The second-order valence-corrected chi connectivity index (χ2v) is 6.31. The molecule has 1 aromatic heterocycles. The fourth-order valence-corrected chi connectivity index (χ4v) is 3.18. The summed E-state index contributed by atoms with van der Waals surface area (Å²) in [5.74, 6) is -0.302. The van der Waals surface area contributed by atoms with Crippen molar-refractivity contribution in [3.63, 3.8) is 0 Å². The van der Waals surface area contributed by atoms with E-state index in [2.05, 4.69) is 34.5 Å². The van der Waals surface area contributed by atoms with Gasteiger partial charge in [0.15, 0.2) is 0 Å². The number of carboxylic acid groups (broad SMARTS) is 1. The van der Waals surface area contributed by atoms with Gasteiger partial charge in [-0.3, -0.25) is 9.69 Å². The molecule has 0 bridgehead atoms. The van der Waals surface area contributed by atoms with E-state index < -0.39 is 5.97 Å². The number of benzene rings is 1. The first-order valence-corrected chi connectivity index (χ1v) is 8.48. The summed E-state index contributed by atoms with van der Waals surface area (Å²) >= 11 is 0. The molecule has 6 heteroatoms. The van der Waals surface area contributed by atoms with Crippen LogP contribution in [0.3, 0.4) is 0 Å². The number of carbonyl (C=O) groups is 2. The number of nitrogens with one attached hydrogen (secondary N) is 1. The van der Waals surface area contributed by atoms with E-state index in [0.717, 1.165) is 25.9 Å². The fourth-order valence-electron chi connectivity index (χ4n) is 3.18. The van der Waals surface area contributed by atoms with Crippen LogP contribution >= 0.6 is 0 Å². The van der Waals surface area contributed by atoms with Crippen molar-refractivity contribution >= 4 is 11.9 Å². The molecule has 0 spiro atoms. The average Bonchev–Trinajstić information content (AvgIpc) is 3.11. The Balaban J connectivity index is 1.41. The van der Waals surface area contributed by atoms with Crippen LogP contribution in [0.15, 0.2) is 46.9 Å². The highest BCUT2D eigenvalue weighted by Gasteiger charge is 2.21. The normalized spacial score (nSPS) is 15.8. The summed E-state index contributed by atoms with van der Waals surface area (Å²) in [5, 5.41) is 11.6. The topological polar surface area (TPSA) is 82.8 Å². The standard InChI is InChI=1S/C19H22N2O4/c22-18(20-12-16-6-7-17(25-16)19(23)24)13-21-10-8-15(9-11-21)14-4-2-1-3-5-14/h1-7,15H,8-13H2,(H,20,22)(H,23,24). The lowest BCUT2D eigenvalue weighted by Crippen LogP contribution is -2.40. The maximum Gasteiger partial charge on any atom is 0.371 e. The molecule has 1 fully saturated rings. The molecule has 1 aliphatic rings. The van der Waals surface area contributed by atoms with Crippen LogP contribution in [0, 0.1) is 0 Å². The first kappa shape index (κ1) is 17.2. The molecule has 2 N–H and O–H groups in total. The van der Waals surface area contributed by atoms with Crippen LogP contribution in [0.1, 0.15) is 40.6 Å². The molecule has 3 rings (SSSR count). The molecule has 2 aromatic rings. The number of likely N-dealkylation sites (tertiary alicyclic amines) is 1. The maximum atomic E-state index is 12.1. The fraction of sp³-hybridized carbons (Fsp3) is 0.368. The van der Waals surface area contributed by atoms with Gasteiger partial charge in [0.05, 0.1) is 13.1 Å². The van der Waals surface area contributed by atoms with Crippen molar-refractivity contribution in [3.8, 4) is 0 Å². The van der Waals surface area contributed by atoms with Gasteiger partial charge in [0, 0.05) is 0 Å². The predicted octanol–water partition coefficient (Wildman–Crippen LogP) is 2.47. The van der Waals surface area contributed by atoms with E-state index in [0.29, 0.717) is 18.2 Å². The highest BCUT2D eigenvalue weighted by atomic mass is 16.4. The molecule has 0 saturated carbocycles. The van der Waals surface area contributed by atoms with E-state index in [1.165, 1.54) is 11.6 Å². The number of piperidine rings is 1. The smallest absolute Gasteiger partial charge is 0.371 e. The molecule has 25 heavy (non-hydrogen) atoms. The molecular weight excluding hydrogens is 320 g/mol. The lowest BCUT2D eigenvalue weighted by Gasteiger charge is -2.31. The average molecular weight is 342 g/mol. The zero-order valence-electron chi connectivity index (χ0n) is 14.0. The zero-order chi connectivity index (χ0) is 17.6. The van der Waals surface area contributed by atoms with Crippen LogP contribution < -0.4 is 5.32 Å². The number of hydrogen-bond acceptors (Lipinski definition) is 4. The van der Waals surface area contributed by atoms with Gasteiger partial charge in [-0.25, -0.2) is 4.79 Å². The lowest BCUT2D eigenvalue weighted by atomic mass is 9.89. The summed E-state index contributed by atoms with van der Waals surface area (Å²) in [6.45, 7) is 2.36. The Bertz CT molecular complexity index is 718. The van der Waals surface area contributed by atoms with E-state index in [9.17, 15) is 9.59 Å². The van der Waals surface area contributed by atoms with E-state index in [1.54, 1.807) is 6.07 Å². The number of hydrogen-bond donors (Lipinski definition) is 2. The predicted molar refractivity (Wildman–Crippen MR) is 92.4 cm³/mol. The number of carboxylic acids is 1. The van der Waals surface area contributed by atoms with Gasteiger partial charge in [0.1, 0.15) is 5.76 Å². The minimum absolute atomic E-state index is 0.0774. The molecule has 2 heterocycles. The first-order valence-electron chi connectivity index (χ1n) is 8.48. The van der Waals surface area contributed by atoms with Crippen molar-refractivity contribution in [1.82, 2.24) is 10.2 Å². The Kier molecular flexibility index (Phi) is 5.50. The third-order valence-electron chi connectivity index (χ3n) is 4.56. The summed E-state index contributed by atoms with van der Waals surface area (Å²) in [6.07, 6.45) is 2.11. The second-order valence-electron chi connectivity index (χ2n) is 6.31. The van der Waals surface area contributed by atoms with E-state index in [4.69, 9.17) is 9.52 Å². The Morgan fingerprint density at radius 2 is 1.84 bits per heavy atom. The third-order valence-corrected chi connectivity index (χ3v) is 4.56.